The Morgan fingerprint density at radius 3 is 2.95 bits per heavy atom. The molecule has 0 aromatic carbocycles. The number of aromatic nitrogens is 2. The monoisotopic (exact) mass is 292 g/mol. The fourth-order valence-corrected chi connectivity index (χ4v) is 3.03. The molecule has 1 unspecified atom stereocenters. The van der Waals surface area contributed by atoms with Gasteiger partial charge in [0.1, 0.15) is 0 Å². The van der Waals surface area contributed by atoms with Crippen LogP contribution in [0.2, 0.25) is 0 Å². The largest absolute Gasteiger partial charge is 0.481 e. The number of hydrogen-bond acceptors (Lipinski definition) is 5. The Balaban J connectivity index is 1.68. The number of rotatable bonds is 4. The minimum Gasteiger partial charge on any atom is -0.481 e. The molecule has 1 aliphatic heterocycles. The Bertz CT molecular complexity index is 519. The average Bonchev–Trinajstić information content (AvgIpc) is 2.96. The van der Waals surface area contributed by atoms with Gasteiger partial charge in [-0.2, -0.15) is 4.98 Å². The van der Waals surface area contributed by atoms with Gasteiger partial charge in [0.05, 0.1) is 17.9 Å². The molecule has 1 aromatic rings. The summed E-state index contributed by atoms with van der Waals surface area (Å²) in [6, 6.07) is 0. The van der Waals surface area contributed by atoms with Gasteiger partial charge in [0, 0.05) is 13.0 Å². The molecule has 0 spiro atoms. The maximum Gasteiger partial charge on any atom is 0.307 e. The lowest BCUT2D eigenvalue weighted by Gasteiger charge is -2.21. The molecular formula is C15H20N2O4. The first kappa shape index (κ1) is 14.3. The third kappa shape index (κ3) is 3.32. The van der Waals surface area contributed by atoms with Crippen LogP contribution in [-0.2, 0) is 16.0 Å². The van der Waals surface area contributed by atoms with E-state index < -0.39 is 11.9 Å². The summed E-state index contributed by atoms with van der Waals surface area (Å²) >= 11 is 0. The van der Waals surface area contributed by atoms with Crippen molar-refractivity contribution in [1.29, 1.82) is 0 Å². The van der Waals surface area contributed by atoms with E-state index in [9.17, 15) is 9.90 Å². The van der Waals surface area contributed by atoms with Crippen LogP contribution >= 0.6 is 0 Å². The predicted octanol–water partition coefficient (Wildman–Crippen LogP) is 2.32. The summed E-state index contributed by atoms with van der Waals surface area (Å²) in [5.41, 5.74) is 0. The number of carboxylic acids is 1. The van der Waals surface area contributed by atoms with Crippen LogP contribution in [0.3, 0.4) is 0 Å². The van der Waals surface area contributed by atoms with Crippen LogP contribution in [0.4, 0.5) is 0 Å². The summed E-state index contributed by atoms with van der Waals surface area (Å²) in [4.78, 5) is 15.7. The van der Waals surface area contributed by atoms with Crippen molar-refractivity contribution in [2.24, 2.45) is 5.92 Å². The van der Waals surface area contributed by atoms with E-state index in [2.05, 4.69) is 10.1 Å². The molecule has 114 valence electrons. The van der Waals surface area contributed by atoms with Gasteiger partial charge in [0.15, 0.2) is 5.82 Å². The Kier molecular flexibility index (Phi) is 4.34. The van der Waals surface area contributed by atoms with Crippen LogP contribution in [0.1, 0.15) is 49.7 Å². The summed E-state index contributed by atoms with van der Waals surface area (Å²) in [6.45, 7) is 0.796. The zero-order chi connectivity index (χ0) is 14.7. The molecule has 21 heavy (non-hydrogen) atoms. The van der Waals surface area contributed by atoms with Gasteiger partial charge in [-0.25, -0.2) is 0 Å². The number of carbonyl (C=O) groups is 1. The van der Waals surface area contributed by atoms with E-state index in [1.807, 2.05) is 12.2 Å². The number of ether oxygens (including phenoxy) is 1. The zero-order valence-corrected chi connectivity index (χ0v) is 11.9. The number of nitrogens with zero attached hydrogens (tertiary/aromatic N) is 2. The van der Waals surface area contributed by atoms with Crippen molar-refractivity contribution in [3.63, 3.8) is 0 Å². The zero-order valence-electron chi connectivity index (χ0n) is 11.9. The standard InChI is InChI=1S/C15H20N2O4/c18-15(19)12-7-2-1-6-11(12)14-16-13(17-21-14)9-10-5-3-4-8-20-10/h1-2,10-12H,3-9H2,(H,18,19)/t10?,11-,12+/m1/s1. The van der Waals surface area contributed by atoms with Gasteiger partial charge in [-0.05, 0) is 32.1 Å². The van der Waals surface area contributed by atoms with Crippen molar-refractivity contribution < 1.29 is 19.2 Å². The van der Waals surface area contributed by atoms with Gasteiger partial charge in [-0.15, -0.1) is 0 Å². The highest BCUT2D eigenvalue weighted by molar-refractivity contribution is 5.71. The van der Waals surface area contributed by atoms with Crippen molar-refractivity contribution in [2.45, 2.75) is 50.5 Å². The molecule has 2 aliphatic rings. The highest BCUT2D eigenvalue weighted by Gasteiger charge is 2.34. The van der Waals surface area contributed by atoms with Gasteiger partial charge >= 0.3 is 5.97 Å². The smallest absolute Gasteiger partial charge is 0.307 e. The highest BCUT2D eigenvalue weighted by atomic mass is 16.5. The minimum atomic E-state index is -0.806. The van der Waals surface area contributed by atoms with E-state index >= 15 is 0 Å². The van der Waals surface area contributed by atoms with E-state index in [4.69, 9.17) is 9.26 Å². The molecule has 6 nitrogen and oxygen atoms in total. The van der Waals surface area contributed by atoms with Crippen molar-refractivity contribution in [3.8, 4) is 0 Å². The van der Waals surface area contributed by atoms with Gasteiger partial charge in [0.2, 0.25) is 5.89 Å². The maximum absolute atomic E-state index is 11.3. The molecule has 3 rings (SSSR count). The first-order chi connectivity index (χ1) is 10.2. The van der Waals surface area contributed by atoms with Crippen molar-refractivity contribution in [3.05, 3.63) is 23.9 Å². The Morgan fingerprint density at radius 2 is 2.19 bits per heavy atom. The molecular weight excluding hydrogens is 272 g/mol. The normalized spacial score (nSPS) is 29.4. The fraction of sp³-hybridized carbons (Fsp3) is 0.667. The second-order valence-electron chi connectivity index (χ2n) is 5.74. The van der Waals surface area contributed by atoms with E-state index in [0.717, 1.165) is 19.4 Å². The number of carboxylic acid groups (broad SMARTS) is 1. The molecule has 6 heteroatoms. The Labute approximate surface area is 123 Å². The lowest BCUT2D eigenvalue weighted by atomic mass is 9.83. The molecule has 0 bridgehead atoms. The Hall–Kier alpha value is -1.69. The van der Waals surface area contributed by atoms with E-state index in [1.54, 1.807) is 0 Å². The predicted molar refractivity (Wildman–Crippen MR) is 73.8 cm³/mol. The van der Waals surface area contributed by atoms with Crippen LogP contribution in [-0.4, -0.2) is 33.9 Å². The van der Waals surface area contributed by atoms with Crippen LogP contribution in [0, 0.1) is 5.92 Å². The van der Waals surface area contributed by atoms with Crippen LogP contribution < -0.4 is 0 Å². The lowest BCUT2D eigenvalue weighted by molar-refractivity contribution is -0.142. The van der Waals surface area contributed by atoms with Gasteiger partial charge in [0.25, 0.3) is 0 Å². The average molecular weight is 292 g/mol. The maximum atomic E-state index is 11.3. The third-order valence-electron chi connectivity index (χ3n) is 4.23. The van der Waals surface area contributed by atoms with Crippen LogP contribution in [0.5, 0.6) is 0 Å². The van der Waals surface area contributed by atoms with Gasteiger partial charge < -0.3 is 14.4 Å². The van der Waals surface area contributed by atoms with Crippen LogP contribution in [0.15, 0.2) is 16.7 Å². The first-order valence-electron chi connectivity index (χ1n) is 7.56. The molecule has 1 fully saturated rings. The first-order valence-corrected chi connectivity index (χ1v) is 7.56. The molecule has 0 amide bonds. The topological polar surface area (TPSA) is 85.5 Å². The van der Waals surface area contributed by atoms with Crippen molar-refractivity contribution >= 4 is 5.97 Å². The van der Waals surface area contributed by atoms with Crippen LogP contribution in [0.25, 0.3) is 0 Å². The third-order valence-corrected chi connectivity index (χ3v) is 4.23. The summed E-state index contributed by atoms with van der Waals surface area (Å²) < 4.78 is 11.0. The minimum absolute atomic E-state index is 0.158. The van der Waals surface area contributed by atoms with E-state index in [0.29, 0.717) is 31.0 Å². The van der Waals surface area contributed by atoms with E-state index in [1.165, 1.54) is 6.42 Å². The molecule has 2 heterocycles. The Morgan fingerprint density at radius 1 is 1.33 bits per heavy atom. The second-order valence-corrected chi connectivity index (χ2v) is 5.74. The molecule has 3 atom stereocenters. The van der Waals surface area contributed by atoms with Gasteiger partial charge in [-0.1, -0.05) is 17.3 Å². The lowest BCUT2D eigenvalue weighted by Crippen LogP contribution is -2.24. The highest BCUT2D eigenvalue weighted by Crippen LogP contribution is 2.34. The summed E-state index contributed by atoms with van der Waals surface area (Å²) in [5.74, 6) is -0.442. The quantitative estimate of drug-likeness (QED) is 0.857. The number of allylic oxidation sites excluding steroid dienone is 2. The van der Waals surface area contributed by atoms with Gasteiger partial charge in [-0.3, -0.25) is 4.79 Å². The SMILES string of the molecule is O=C(O)[C@H]1CC=CC[C@H]1c1nc(CC2CCCCO2)no1. The van der Waals surface area contributed by atoms with Crippen molar-refractivity contribution in [2.75, 3.05) is 6.61 Å². The summed E-state index contributed by atoms with van der Waals surface area (Å²) in [7, 11) is 0. The molecule has 1 aromatic heterocycles. The molecule has 1 N–H and O–H groups in total. The second kappa shape index (κ2) is 6.39. The summed E-state index contributed by atoms with van der Waals surface area (Å²) in [5, 5.41) is 13.3. The van der Waals surface area contributed by atoms with Crippen molar-refractivity contribution in [1.82, 2.24) is 10.1 Å². The number of aliphatic carboxylic acids is 1. The van der Waals surface area contributed by atoms with E-state index in [-0.39, 0.29) is 12.0 Å². The molecule has 1 saturated heterocycles. The molecule has 0 saturated carbocycles. The molecule has 1 aliphatic carbocycles. The summed E-state index contributed by atoms with van der Waals surface area (Å²) in [6.07, 6.45) is 9.15. The molecule has 0 radical (unpaired) electrons. The number of hydrogen-bond donors (Lipinski definition) is 1. The fourth-order valence-electron chi connectivity index (χ4n) is 3.03.